The monoisotopic (exact) mass is 469 g/mol. The third-order valence-electron chi connectivity index (χ3n) is 5.92. The number of aromatic nitrogens is 3. The van der Waals surface area contributed by atoms with Crippen molar-refractivity contribution in [3.63, 3.8) is 0 Å². The van der Waals surface area contributed by atoms with Crippen LogP contribution in [-0.4, -0.2) is 60.3 Å². The summed E-state index contributed by atoms with van der Waals surface area (Å²) in [6.45, 7) is 5.44. The van der Waals surface area contributed by atoms with Crippen LogP contribution in [0.1, 0.15) is 6.92 Å². The highest BCUT2D eigenvalue weighted by molar-refractivity contribution is 5.91. The van der Waals surface area contributed by atoms with Gasteiger partial charge in [-0.2, -0.15) is 0 Å². The molecule has 0 aliphatic carbocycles. The molecule has 0 spiro atoms. The van der Waals surface area contributed by atoms with Crippen molar-refractivity contribution in [3.05, 3.63) is 72.9 Å². The molecule has 0 amide bonds. The zero-order chi connectivity index (χ0) is 24.0. The molecular weight excluding hydrogens is 442 g/mol. The SMILES string of the molecule is CCOC(=O)COc1ccc(N2CCN(c3nc(-c4ccccn4)nc4ccccc34)CC2)cc1. The second kappa shape index (κ2) is 10.4. The van der Waals surface area contributed by atoms with Crippen LogP contribution in [0, 0.1) is 0 Å². The van der Waals surface area contributed by atoms with Crippen LogP contribution in [0.2, 0.25) is 0 Å². The Bertz CT molecular complexity index is 1290. The van der Waals surface area contributed by atoms with Gasteiger partial charge in [0.2, 0.25) is 0 Å². The minimum Gasteiger partial charge on any atom is -0.482 e. The van der Waals surface area contributed by atoms with Crippen LogP contribution in [0.25, 0.3) is 22.4 Å². The van der Waals surface area contributed by atoms with Gasteiger partial charge < -0.3 is 19.3 Å². The van der Waals surface area contributed by atoms with Crippen molar-refractivity contribution in [2.75, 3.05) is 49.2 Å². The Hall–Kier alpha value is -4.20. The van der Waals surface area contributed by atoms with Gasteiger partial charge in [0, 0.05) is 43.4 Å². The van der Waals surface area contributed by atoms with Gasteiger partial charge in [0.1, 0.15) is 17.3 Å². The van der Waals surface area contributed by atoms with E-state index in [4.69, 9.17) is 19.4 Å². The number of hydrogen-bond acceptors (Lipinski definition) is 8. The van der Waals surface area contributed by atoms with Crippen molar-refractivity contribution in [3.8, 4) is 17.3 Å². The Balaban J connectivity index is 1.29. The summed E-state index contributed by atoms with van der Waals surface area (Å²) in [5, 5.41) is 1.05. The Kier molecular flexibility index (Phi) is 6.70. The number of fused-ring (bicyclic) bond motifs is 1. The molecule has 0 saturated carbocycles. The van der Waals surface area contributed by atoms with Crippen molar-refractivity contribution in [1.82, 2.24) is 15.0 Å². The number of benzene rings is 2. The first-order valence-electron chi connectivity index (χ1n) is 11.8. The zero-order valence-electron chi connectivity index (χ0n) is 19.6. The average molecular weight is 470 g/mol. The van der Waals surface area contributed by atoms with Crippen molar-refractivity contribution in [1.29, 1.82) is 0 Å². The third-order valence-corrected chi connectivity index (χ3v) is 5.92. The minimum absolute atomic E-state index is 0.0841. The zero-order valence-corrected chi connectivity index (χ0v) is 19.6. The summed E-state index contributed by atoms with van der Waals surface area (Å²) in [5.41, 5.74) is 2.80. The number of hydrogen-bond donors (Lipinski definition) is 0. The summed E-state index contributed by atoms with van der Waals surface area (Å²) in [6.07, 6.45) is 1.76. The standard InChI is InChI=1S/C27H27N5O3/c1-2-34-25(33)19-35-21-12-10-20(11-13-21)31-15-17-32(18-16-31)27-22-7-3-4-8-23(22)29-26(30-27)24-9-5-6-14-28-24/h3-14H,2,15-19H2,1H3. The lowest BCUT2D eigenvalue weighted by Gasteiger charge is -2.37. The number of anilines is 2. The molecule has 35 heavy (non-hydrogen) atoms. The molecule has 3 heterocycles. The summed E-state index contributed by atoms with van der Waals surface area (Å²) in [6, 6.07) is 21.7. The van der Waals surface area contributed by atoms with Crippen LogP contribution in [0.15, 0.2) is 72.9 Å². The highest BCUT2D eigenvalue weighted by Gasteiger charge is 2.21. The van der Waals surface area contributed by atoms with Gasteiger partial charge in [-0.05, 0) is 55.5 Å². The van der Waals surface area contributed by atoms with Gasteiger partial charge in [-0.3, -0.25) is 4.98 Å². The second-order valence-electron chi connectivity index (χ2n) is 8.16. The normalized spacial score (nSPS) is 13.6. The van der Waals surface area contributed by atoms with E-state index < -0.39 is 0 Å². The first-order valence-corrected chi connectivity index (χ1v) is 11.8. The molecule has 5 rings (SSSR count). The first kappa shape index (κ1) is 22.6. The molecule has 1 aliphatic rings. The lowest BCUT2D eigenvalue weighted by molar-refractivity contribution is -0.145. The number of rotatable bonds is 7. The molecule has 0 bridgehead atoms. The maximum atomic E-state index is 11.5. The molecule has 0 radical (unpaired) electrons. The average Bonchev–Trinajstić information content (AvgIpc) is 2.92. The quantitative estimate of drug-likeness (QED) is 0.376. The second-order valence-corrected chi connectivity index (χ2v) is 8.16. The van der Waals surface area contributed by atoms with Crippen molar-refractivity contribution >= 4 is 28.4 Å². The first-order chi connectivity index (χ1) is 17.2. The maximum absolute atomic E-state index is 11.5. The van der Waals surface area contributed by atoms with Crippen molar-refractivity contribution < 1.29 is 14.3 Å². The van der Waals surface area contributed by atoms with Gasteiger partial charge in [0.05, 0.1) is 12.1 Å². The lowest BCUT2D eigenvalue weighted by atomic mass is 10.2. The highest BCUT2D eigenvalue weighted by atomic mass is 16.6. The van der Waals surface area contributed by atoms with Crippen LogP contribution >= 0.6 is 0 Å². The lowest BCUT2D eigenvalue weighted by Crippen LogP contribution is -2.47. The highest BCUT2D eigenvalue weighted by Crippen LogP contribution is 2.29. The molecule has 1 fully saturated rings. The number of carbonyl (C=O) groups is 1. The third kappa shape index (κ3) is 5.16. The molecular formula is C27H27N5O3. The minimum atomic E-state index is -0.365. The predicted octanol–water partition coefficient (Wildman–Crippen LogP) is 3.96. The number of para-hydroxylation sites is 1. The number of nitrogens with zero attached hydrogens (tertiary/aromatic N) is 5. The van der Waals surface area contributed by atoms with E-state index >= 15 is 0 Å². The predicted molar refractivity (Wildman–Crippen MR) is 136 cm³/mol. The van der Waals surface area contributed by atoms with Crippen LogP contribution in [0.5, 0.6) is 5.75 Å². The molecule has 1 saturated heterocycles. The van der Waals surface area contributed by atoms with E-state index in [9.17, 15) is 4.79 Å². The van der Waals surface area contributed by atoms with E-state index in [0.29, 0.717) is 18.2 Å². The van der Waals surface area contributed by atoms with E-state index in [1.54, 1.807) is 13.1 Å². The number of pyridine rings is 1. The summed E-state index contributed by atoms with van der Waals surface area (Å²) in [5.74, 6) is 1.87. The van der Waals surface area contributed by atoms with Crippen LogP contribution in [0.3, 0.4) is 0 Å². The van der Waals surface area contributed by atoms with Crippen LogP contribution in [-0.2, 0) is 9.53 Å². The van der Waals surface area contributed by atoms with E-state index in [1.165, 1.54) is 0 Å². The topological polar surface area (TPSA) is 80.7 Å². The molecule has 0 unspecified atom stereocenters. The van der Waals surface area contributed by atoms with Gasteiger partial charge in [-0.25, -0.2) is 14.8 Å². The summed E-state index contributed by atoms with van der Waals surface area (Å²) >= 11 is 0. The molecule has 0 atom stereocenters. The Morgan fingerprint density at radius 1 is 0.886 bits per heavy atom. The summed E-state index contributed by atoms with van der Waals surface area (Å²) < 4.78 is 10.4. The molecule has 178 valence electrons. The van der Waals surface area contributed by atoms with Gasteiger partial charge in [0.15, 0.2) is 12.4 Å². The van der Waals surface area contributed by atoms with Gasteiger partial charge in [0.25, 0.3) is 0 Å². The summed E-state index contributed by atoms with van der Waals surface area (Å²) in [7, 11) is 0. The van der Waals surface area contributed by atoms with E-state index in [-0.39, 0.29) is 12.6 Å². The van der Waals surface area contributed by atoms with Crippen molar-refractivity contribution in [2.24, 2.45) is 0 Å². The van der Waals surface area contributed by atoms with Crippen LogP contribution < -0.4 is 14.5 Å². The molecule has 4 aromatic rings. The molecule has 8 heteroatoms. The Morgan fingerprint density at radius 2 is 1.63 bits per heavy atom. The van der Waals surface area contributed by atoms with Crippen LogP contribution in [0.4, 0.5) is 11.5 Å². The number of esters is 1. The number of carbonyl (C=O) groups excluding carboxylic acids is 1. The largest absolute Gasteiger partial charge is 0.482 e. The van der Waals surface area contributed by atoms with Gasteiger partial charge >= 0.3 is 5.97 Å². The fraction of sp³-hybridized carbons (Fsp3) is 0.259. The van der Waals surface area contributed by atoms with E-state index in [1.807, 2.05) is 60.7 Å². The fourth-order valence-electron chi connectivity index (χ4n) is 4.19. The Labute approximate surface area is 204 Å². The molecule has 1 aliphatic heterocycles. The Morgan fingerprint density at radius 3 is 2.37 bits per heavy atom. The fourth-order valence-corrected chi connectivity index (χ4v) is 4.19. The van der Waals surface area contributed by atoms with Gasteiger partial charge in [-0.15, -0.1) is 0 Å². The van der Waals surface area contributed by atoms with E-state index in [2.05, 4.69) is 20.9 Å². The molecule has 2 aromatic heterocycles. The maximum Gasteiger partial charge on any atom is 0.344 e. The molecule has 2 aromatic carbocycles. The smallest absolute Gasteiger partial charge is 0.344 e. The summed E-state index contributed by atoms with van der Waals surface area (Å²) in [4.78, 5) is 30.3. The number of ether oxygens (including phenoxy) is 2. The number of piperazine rings is 1. The van der Waals surface area contributed by atoms with E-state index in [0.717, 1.165) is 54.3 Å². The van der Waals surface area contributed by atoms with Gasteiger partial charge in [-0.1, -0.05) is 18.2 Å². The van der Waals surface area contributed by atoms with Crippen molar-refractivity contribution in [2.45, 2.75) is 6.92 Å². The molecule has 0 N–H and O–H groups in total. The molecule has 8 nitrogen and oxygen atoms in total.